The zero-order chi connectivity index (χ0) is 20.1. The fourth-order valence-electron chi connectivity index (χ4n) is 2.70. The molecule has 0 aliphatic carbocycles. The zero-order valence-corrected chi connectivity index (χ0v) is 17.9. The first-order valence-electron chi connectivity index (χ1n) is 9.09. The van der Waals surface area contributed by atoms with Crippen LogP contribution in [0, 0.1) is 13.8 Å². The Balaban J connectivity index is 1.56. The molecular weight excluding hydrogens is 390 g/mol. The predicted molar refractivity (Wildman–Crippen MR) is 119 cm³/mol. The van der Waals surface area contributed by atoms with E-state index in [-0.39, 0.29) is 5.91 Å². The largest absolute Gasteiger partial charge is 0.493 e. The van der Waals surface area contributed by atoms with Crippen LogP contribution in [-0.2, 0) is 4.79 Å². The molecule has 2 aromatic carbocycles. The Morgan fingerprint density at radius 2 is 1.79 bits per heavy atom. The number of para-hydroxylation sites is 1. The van der Waals surface area contributed by atoms with Crippen LogP contribution < -0.4 is 9.47 Å². The number of hydrogen-bond acceptors (Lipinski definition) is 5. The molecule has 0 unspecified atom stereocenters. The second-order valence-corrected chi connectivity index (χ2v) is 8.27. The molecule has 2 aromatic rings. The number of thiocarbonyl (C=S) groups is 1. The van der Waals surface area contributed by atoms with E-state index in [4.69, 9.17) is 21.7 Å². The summed E-state index contributed by atoms with van der Waals surface area (Å²) in [6.07, 6.45) is 2.60. The SMILES string of the molecule is Cc1ccc(C)c(OCCCOc2ccccc2C=C2SC(=S)N(C)C2=O)c1. The quantitative estimate of drug-likeness (QED) is 0.364. The smallest absolute Gasteiger partial charge is 0.265 e. The molecule has 0 N–H and O–H groups in total. The van der Waals surface area contributed by atoms with E-state index in [9.17, 15) is 4.79 Å². The Morgan fingerprint density at radius 3 is 2.50 bits per heavy atom. The molecule has 0 saturated carbocycles. The predicted octanol–water partition coefficient (Wildman–Crippen LogP) is 4.98. The average molecular weight is 414 g/mol. The summed E-state index contributed by atoms with van der Waals surface area (Å²) < 4.78 is 12.4. The molecule has 1 aliphatic heterocycles. The number of thioether (sulfide) groups is 1. The lowest BCUT2D eigenvalue weighted by Crippen LogP contribution is -2.22. The third-order valence-corrected chi connectivity index (χ3v) is 5.82. The molecule has 0 bridgehead atoms. The standard InChI is InChI=1S/C22H23NO3S2/c1-15-9-10-16(2)19(13-15)26-12-6-11-25-18-8-5-4-7-17(18)14-20-21(24)23(3)22(27)28-20/h4-5,7-10,13-14H,6,11-12H2,1-3H3. The molecule has 1 aliphatic rings. The summed E-state index contributed by atoms with van der Waals surface area (Å²) in [4.78, 5) is 14.3. The van der Waals surface area contributed by atoms with Gasteiger partial charge in [-0.15, -0.1) is 0 Å². The highest BCUT2D eigenvalue weighted by Gasteiger charge is 2.28. The van der Waals surface area contributed by atoms with Crippen molar-refractivity contribution in [2.24, 2.45) is 0 Å². The third kappa shape index (κ3) is 4.94. The highest BCUT2D eigenvalue weighted by atomic mass is 32.2. The number of carbonyl (C=O) groups is 1. The van der Waals surface area contributed by atoms with Crippen LogP contribution in [0.3, 0.4) is 0 Å². The topological polar surface area (TPSA) is 38.8 Å². The summed E-state index contributed by atoms with van der Waals surface area (Å²) in [7, 11) is 1.69. The van der Waals surface area contributed by atoms with E-state index in [1.54, 1.807) is 7.05 Å². The van der Waals surface area contributed by atoms with E-state index >= 15 is 0 Å². The average Bonchev–Trinajstić information content (AvgIpc) is 2.92. The van der Waals surface area contributed by atoms with Gasteiger partial charge < -0.3 is 9.47 Å². The monoisotopic (exact) mass is 413 g/mol. The molecule has 28 heavy (non-hydrogen) atoms. The normalized spacial score (nSPS) is 15.4. The van der Waals surface area contributed by atoms with Gasteiger partial charge in [-0.3, -0.25) is 9.69 Å². The number of nitrogens with zero attached hydrogens (tertiary/aromatic N) is 1. The van der Waals surface area contributed by atoms with Crippen molar-refractivity contribution in [1.29, 1.82) is 0 Å². The maximum Gasteiger partial charge on any atom is 0.265 e. The first-order valence-corrected chi connectivity index (χ1v) is 10.3. The third-order valence-electron chi connectivity index (χ3n) is 4.34. The van der Waals surface area contributed by atoms with E-state index in [0.29, 0.717) is 22.4 Å². The summed E-state index contributed by atoms with van der Waals surface area (Å²) in [6, 6.07) is 13.9. The van der Waals surface area contributed by atoms with Crippen LogP contribution in [0.1, 0.15) is 23.1 Å². The number of likely N-dealkylation sites (N-methyl/N-ethyl adjacent to an activating group) is 1. The Hall–Kier alpha value is -2.31. The van der Waals surface area contributed by atoms with E-state index in [2.05, 4.69) is 25.1 Å². The minimum Gasteiger partial charge on any atom is -0.493 e. The zero-order valence-electron chi connectivity index (χ0n) is 16.2. The fourth-order valence-corrected chi connectivity index (χ4v) is 3.87. The van der Waals surface area contributed by atoms with Crippen molar-refractivity contribution < 1.29 is 14.3 Å². The number of hydrogen-bond donors (Lipinski definition) is 0. The number of rotatable bonds is 7. The molecule has 4 nitrogen and oxygen atoms in total. The molecule has 1 saturated heterocycles. The van der Waals surface area contributed by atoms with Crippen LogP contribution in [-0.4, -0.2) is 35.4 Å². The van der Waals surface area contributed by atoms with Crippen molar-refractivity contribution >= 4 is 40.3 Å². The second-order valence-electron chi connectivity index (χ2n) is 6.60. The Labute approximate surface area is 175 Å². The lowest BCUT2D eigenvalue weighted by atomic mass is 10.1. The lowest BCUT2D eigenvalue weighted by molar-refractivity contribution is -0.121. The van der Waals surface area contributed by atoms with Gasteiger partial charge in [0, 0.05) is 19.0 Å². The number of carbonyl (C=O) groups excluding carboxylic acids is 1. The lowest BCUT2D eigenvalue weighted by Gasteiger charge is -2.12. The van der Waals surface area contributed by atoms with Crippen LogP contribution in [0.5, 0.6) is 11.5 Å². The summed E-state index contributed by atoms with van der Waals surface area (Å²) >= 11 is 6.49. The van der Waals surface area contributed by atoms with Gasteiger partial charge in [-0.2, -0.15) is 0 Å². The van der Waals surface area contributed by atoms with Crippen molar-refractivity contribution in [3.05, 3.63) is 64.1 Å². The van der Waals surface area contributed by atoms with Gasteiger partial charge in [0.15, 0.2) is 0 Å². The van der Waals surface area contributed by atoms with E-state index in [1.165, 1.54) is 22.2 Å². The summed E-state index contributed by atoms with van der Waals surface area (Å²) in [6.45, 7) is 5.21. The van der Waals surface area contributed by atoms with Crippen molar-refractivity contribution in [3.8, 4) is 11.5 Å². The molecule has 0 atom stereocenters. The van der Waals surface area contributed by atoms with Crippen LogP contribution in [0.4, 0.5) is 0 Å². The van der Waals surface area contributed by atoms with E-state index < -0.39 is 0 Å². The van der Waals surface area contributed by atoms with Gasteiger partial charge >= 0.3 is 0 Å². The Bertz CT molecular complexity index is 924. The summed E-state index contributed by atoms with van der Waals surface area (Å²) in [5.41, 5.74) is 3.18. The van der Waals surface area contributed by atoms with Gasteiger partial charge in [0.1, 0.15) is 15.8 Å². The van der Waals surface area contributed by atoms with Gasteiger partial charge in [0.2, 0.25) is 0 Å². The van der Waals surface area contributed by atoms with E-state index in [0.717, 1.165) is 29.0 Å². The molecule has 3 rings (SSSR count). The van der Waals surface area contributed by atoms with Gasteiger partial charge in [0.05, 0.1) is 18.1 Å². The number of benzene rings is 2. The molecule has 146 valence electrons. The molecule has 1 fully saturated rings. The van der Waals surface area contributed by atoms with E-state index in [1.807, 2.05) is 37.3 Å². The molecule has 0 radical (unpaired) electrons. The Morgan fingerprint density at radius 1 is 1.07 bits per heavy atom. The van der Waals surface area contributed by atoms with Crippen molar-refractivity contribution in [1.82, 2.24) is 4.90 Å². The second kappa shape index (κ2) is 9.26. The molecular formula is C22H23NO3S2. The first kappa shape index (κ1) is 20.4. The molecule has 1 heterocycles. The fraction of sp³-hybridized carbons (Fsp3) is 0.273. The summed E-state index contributed by atoms with van der Waals surface area (Å²) in [5.74, 6) is 1.59. The maximum absolute atomic E-state index is 12.2. The van der Waals surface area contributed by atoms with Crippen LogP contribution in [0.2, 0.25) is 0 Å². The molecule has 0 spiro atoms. The van der Waals surface area contributed by atoms with Gasteiger partial charge in [0.25, 0.3) is 5.91 Å². The van der Waals surface area contributed by atoms with Crippen LogP contribution in [0.15, 0.2) is 47.4 Å². The molecule has 1 amide bonds. The van der Waals surface area contributed by atoms with Crippen molar-refractivity contribution in [2.75, 3.05) is 20.3 Å². The maximum atomic E-state index is 12.2. The highest BCUT2D eigenvalue weighted by Crippen LogP contribution is 2.33. The van der Waals surface area contributed by atoms with Crippen molar-refractivity contribution in [2.45, 2.75) is 20.3 Å². The van der Waals surface area contributed by atoms with Crippen molar-refractivity contribution in [3.63, 3.8) is 0 Å². The highest BCUT2D eigenvalue weighted by molar-refractivity contribution is 8.26. The Kier molecular flexibility index (Phi) is 6.75. The minimum absolute atomic E-state index is 0.0771. The van der Waals surface area contributed by atoms with Gasteiger partial charge in [-0.1, -0.05) is 54.3 Å². The molecule has 0 aromatic heterocycles. The first-order chi connectivity index (χ1) is 13.5. The van der Waals surface area contributed by atoms with Crippen LogP contribution in [0.25, 0.3) is 6.08 Å². The minimum atomic E-state index is -0.0771. The summed E-state index contributed by atoms with van der Waals surface area (Å²) in [5, 5.41) is 0. The number of amides is 1. The molecule has 6 heteroatoms. The number of aryl methyl sites for hydroxylation is 2. The number of ether oxygens (including phenoxy) is 2. The van der Waals surface area contributed by atoms with Crippen LogP contribution >= 0.6 is 24.0 Å². The van der Waals surface area contributed by atoms with Gasteiger partial charge in [-0.25, -0.2) is 0 Å². The van der Waals surface area contributed by atoms with Gasteiger partial charge in [-0.05, 0) is 43.2 Å².